The van der Waals surface area contributed by atoms with Crippen LogP contribution in [-0.2, 0) is 30.4 Å². The van der Waals surface area contributed by atoms with Crippen LogP contribution in [0.4, 0.5) is 0 Å². The lowest BCUT2D eigenvalue weighted by Gasteiger charge is -2.27. The molecule has 2 amide bonds. The molecule has 0 saturated carbocycles. The largest absolute Gasteiger partial charge is 0.481 e. The number of hydrogen-bond donors (Lipinski definition) is 4. The van der Waals surface area contributed by atoms with E-state index in [0.717, 1.165) is 5.39 Å². The number of nitrogens with one attached hydrogen (secondary N) is 3. The summed E-state index contributed by atoms with van der Waals surface area (Å²) in [4.78, 5) is 71.0. The molecule has 50 heavy (non-hydrogen) atoms. The molecule has 5 rings (SSSR count). The summed E-state index contributed by atoms with van der Waals surface area (Å²) in [7, 11) is 0. The number of aliphatic carboxylic acids is 1. The summed E-state index contributed by atoms with van der Waals surface area (Å²) in [6.45, 7) is 2.85. The minimum atomic E-state index is -1.80. The third-order valence-electron chi connectivity index (χ3n) is 7.96. The lowest BCUT2D eigenvalue weighted by atomic mass is 9.90. The molecule has 2 heterocycles. The average Bonchev–Trinajstić information content (AvgIpc) is 3.71. The maximum absolute atomic E-state index is 14.1. The summed E-state index contributed by atoms with van der Waals surface area (Å²) in [6, 6.07) is 19.8. The second kappa shape index (κ2) is 15.6. The zero-order chi connectivity index (χ0) is 36.0. The first-order chi connectivity index (χ1) is 23.9. The van der Waals surface area contributed by atoms with Gasteiger partial charge in [0.2, 0.25) is 0 Å². The molecule has 0 spiro atoms. The number of carbonyl (C=O) groups excluding carboxylic acids is 4. The summed E-state index contributed by atoms with van der Waals surface area (Å²) in [5.41, 5.74) is 2.40. The number of rotatable bonds is 14. The molecular weight excluding hydrogens is 689 g/mol. The van der Waals surface area contributed by atoms with E-state index in [-0.39, 0.29) is 33.7 Å². The lowest BCUT2D eigenvalue weighted by molar-refractivity contribution is -0.148. The van der Waals surface area contributed by atoms with Crippen LogP contribution in [0.1, 0.15) is 46.7 Å². The Morgan fingerprint density at radius 2 is 1.60 bits per heavy atom. The van der Waals surface area contributed by atoms with Gasteiger partial charge in [0.1, 0.15) is 11.6 Å². The molecule has 3 aromatic carbocycles. The molecular formula is C36H33Cl2N3O9. The molecule has 4 N–H and O–H groups in total. The van der Waals surface area contributed by atoms with Crippen LogP contribution in [0.5, 0.6) is 0 Å². The van der Waals surface area contributed by atoms with Crippen molar-refractivity contribution < 1.29 is 43.1 Å². The highest BCUT2D eigenvalue weighted by atomic mass is 35.5. The Bertz CT molecular complexity index is 1910. The predicted octanol–water partition coefficient (Wildman–Crippen LogP) is 5.28. The summed E-state index contributed by atoms with van der Waals surface area (Å²) < 4.78 is 10.8. The van der Waals surface area contributed by atoms with Crippen LogP contribution in [0, 0.1) is 5.92 Å². The van der Waals surface area contributed by atoms with E-state index in [9.17, 15) is 29.1 Å². The minimum Gasteiger partial charge on any atom is -0.481 e. The van der Waals surface area contributed by atoms with Gasteiger partial charge in [-0.25, -0.2) is 4.79 Å². The first-order valence-electron chi connectivity index (χ1n) is 15.5. The Kier molecular flexibility index (Phi) is 11.3. The van der Waals surface area contributed by atoms with Crippen LogP contribution < -0.4 is 16.1 Å². The lowest BCUT2D eigenvalue weighted by Crippen LogP contribution is -2.54. The van der Waals surface area contributed by atoms with Crippen molar-refractivity contribution in [1.29, 1.82) is 0 Å². The normalized spacial score (nSPS) is 16.6. The second-order valence-electron chi connectivity index (χ2n) is 12.0. The standard InChI is InChI=1S/C36H33Cl2N3O9/c1-20(2)32(40-33(45)29-15-22-11-6-7-14-28(22)49-29)26-18-36(50-41-26,17-21-9-4-3-5-10-21)35(47)39-25(16-30(43)44)27(42)19-48-34(46)31-23(37)12-8-13-24(31)38/h3-15,18,20,25,32,41H,16-17,19H2,1-2H3,(H,39,47)(H,40,45)(H,43,44)/t25-,32-,36?/m0/s1. The number of hydroxylamine groups is 1. The van der Waals surface area contributed by atoms with Crippen molar-refractivity contribution in [3.63, 3.8) is 0 Å². The first kappa shape index (κ1) is 36.1. The van der Waals surface area contributed by atoms with E-state index < -0.39 is 60.2 Å². The highest BCUT2D eigenvalue weighted by Crippen LogP contribution is 2.30. The molecule has 1 aliphatic heterocycles. The Hall–Kier alpha value is -5.17. The van der Waals surface area contributed by atoms with E-state index in [2.05, 4.69) is 16.1 Å². The number of carbonyl (C=O) groups is 5. The van der Waals surface area contributed by atoms with E-state index in [1.54, 1.807) is 48.5 Å². The smallest absolute Gasteiger partial charge is 0.341 e. The molecule has 12 nitrogen and oxygen atoms in total. The second-order valence-corrected chi connectivity index (χ2v) is 12.8. The molecule has 0 bridgehead atoms. The fourth-order valence-corrected chi connectivity index (χ4v) is 5.96. The van der Waals surface area contributed by atoms with Crippen molar-refractivity contribution >= 4 is 63.7 Å². The number of benzene rings is 3. The Labute approximate surface area is 296 Å². The van der Waals surface area contributed by atoms with E-state index in [0.29, 0.717) is 16.8 Å². The van der Waals surface area contributed by atoms with Crippen molar-refractivity contribution in [3.8, 4) is 0 Å². The summed E-state index contributed by atoms with van der Waals surface area (Å²) in [5, 5.41) is 15.8. The maximum atomic E-state index is 14.1. The van der Waals surface area contributed by atoms with Crippen LogP contribution in [0.3, 0.4) is 0 Å². The molecule has 0 fully saturated rings. The Morgan fingerprint density at radius 3 is 2.26 bits per heavy atom. The topological polar surface area (TPSA) is 173 Å². The number of furan rings is 1. The van der Waals surface area contributed by atoms with Crippen molar-refractivity contribution in [3.05, 3.63) is 118 Å². The molecule has 3 atom stereocenters. The van der Waals surface area contributed by atoms with Gasteiger partial charge in [0, 0.05) is 11.8 Å². The SMILES string of the molecule is CC(C)[C@H](NC(=O)c1cc2ccccc2o1)C1=CC(Cc2ccccc2)(C(=O)N[C@@H](CC(=O)O)C(=O)COC(=O)c2c(Cl)cccc2Cl)ON1. The summed E-state index contributed by atoms with van der Waals surface area (Å²) >= 11 is 12.1. The van der Waals surface area contributed by atoms with Crippen molar-refractivity contribution in [2.24, 2.45) is 5.92 Å². The van der Waals surface area contributed by atoms with Crippen LogP contribution in [0.25, 0.3) is 11.0 Å². The first-order valence-corrected chi connectivity index (χ1v) is 16.3. The number of para-hydroxylation sites is 1. The van der Waals surface area contributed by atoms with Gasteiger partial charge in [-0.3, -0.25) is 29.5 Å². The highest BCUT2D eigenvalue weighted by molar-refractivity contribution is 6.39. The number of esters is 1. The van der Waals surface area contributed by atoms with E-state index in [1.165, 1.54) is 24.3 Å². The molecule has 1 aliphatic rings. The zero-order valence-corrected chi connectivity index (χ0v) is 28.4. The molecule has 1 aromatic heterocycles. The van der Waals surface area contributed by atoms with E-state index in [1.807, 2.05) is 26.0 Å². The molecule has 1 unspecified atom stereocenters. The van der Waals surface area contributed by atoms with Crippen molar-refractivity contribution in [2.75, 3.05) is 6.61 Å². The van der Waals surface area contributed by atoms with Crippen LogP contribution in [0.2, 0.25) is 10.0 Å². The molecule has 0 radical (unpaired) electrons. The van der Waals surface area contributed by atoms with E-state index in [4.69, 9.17) is 37.2 Å². The number of carboxylic acid groups (broad SMARTS) is 1. The maximum Gasteiger partial charge on any atom is 0.341 e. The van der Waals surface area contributed by atoms with E-state index >= 15 is 0 Å². The monoisotopic (exact) mass is 721 g/mol. The third-order valence-corrected chi connectivity index (χ3v) is 8.59. The van der Waals surface area contributed by atoms with Crippen molar-refractivity contribution in [2.45, 2.75) is 44.4 Å². The van der Waals surface area contributed by atoms with Gasteiger partial charge in [0.15, 0.2) is 23.8 Å². The molecule has 0 aliphatic carbocycles. The Balaban J connectivity index is 1.38. The van der Waals surface area contributed by atoms with Crippen LogP contribution >= 0.6 is 23.2 Å². The Morgan fingerprint density at radius 1 is 0.920 bits per heavy atom. The number of ketones is 1. The average molecular weight is 723 g/mol. The van der Waals surface area contributed by atoms with Gasteiger partial charge in [-0.15, -0.1) is 0 Å². The van der Waals surface area contributed by atoms with Gasteiger partial charge in [-0.05, 0) is 41.8 Å². The fourth-order valence-electron chi connectivity index (χ4n) is 5.40. The van der Waals surface area contributed by atoms with Crippen LogP contribution in [-0.4, -0.2) is 58.9 Å². The van der Waals surface area contributed by atoms with Crippen molar-refractivity contribution in [1.82, 2.24) is 16.1 Å². The van der Waals surface area contributed by atoms with Gasteiger partial charge in [0.25, 0.3) is 11.8 Å². The summed E-state index contributed by atoms with van der Waals surface area (Å²) in [5.74, 6) is -4.75. The third kappa shape index (κ3) is 8.33. The number of Topliss-reactive ketones (excluding diaryl/α,β-unsaturated/α-hetero) is 1. The summed E-state index contributed by atoms with van der Waals surface area (Å²) in [6.07, 6.45) is 0.649. The van der Waals surface area contributed by atoms with Gasteiger partial charge in [0.05, 0.1) is 33.8 Å². The molecule has 260 valence electrons. The highest BCUT2D eigenvalue weighted by Gasteiger charge is 2.46. The number of carboxylic acids is 1. The molecule has 0 saturated heterocycles. The minimum absolute atomic E-state index is 0.00450. The molecule has 4 aromatic rings. The van der Waals surface area contributed by atoms with Gasteiger partial charge in [-0.1, -0.05) is 91.6 Å². The number of halogens is 2. The van der Waals surface area contributed by atoms with Crippen LogP contribution in [0.15, 0.2) is 95.1 Å². The quantitative estimate of drug-likeness (QED) is 0.126. The number of amides is 2. The predicted molar refractivity (Wildman–Crippen MR) is 183 cm³/mol. The van der Waals surface area contributed by atoms with Gasteiger partial charge >= 0.3 is 11.9 Å². The number of hydrogen-bond acceptors (Lipinski definition) is 9. The van der Waals surface area contributed by atoms with Gasteiger partial charge < -0.3 is 24.9 Å². The molecule has 14 heteroatoms. The fraction of sp³-hybridized carbons (Fsp3) is 0.250. The number of ether oxygens (including phenoxy) is 1. The van der Waals surface area contributed by atoms with Gasteiger partial charge in [-0.2, -0.15) is 0 Å². The zero-order valence-electron chi connectivity index (χ0n) is 26.9. The number of fused-ring (bicyclic) bond motifs is 1.